The molecule has 0 aliphatic carbocycles. The Kier molecular flexibility index (Phi) is 4.77. The van der Waals surface area contributed by atoms with Crippen molar-refractivity contribution in [3.63, 3.8) is 0 Å². The quantitative estimate of drug-likeness (QED) is 0.874. The Morgan fingerprint density at radius 1 is 1.67 bits per heavy atom. The van der Waals surface area contributed by atoms with Gasteiger partial charge in [0, 0.05) is 13.7 Å². The highest BCUT2D eigenvalue weighted by molar-refractivity contribution is 9.10. The summed E-state index contributed by atoms with van der Waals surface area (Å²) in [7, 11) is 1.59. The molecule has 0 aliphatic heterocycles. The third-order valence-electron chi connectivity index (χ3n) is 1.86. The Morgan fingerprint density at radius 3 is 3.00 bits per heavy atom. The monoisotopic (exact) mass is 275 g/mol. The number of halogens is 1. The van der Waals surface area contributed by atoms with Crippen molar-refractivity contribution in [3.8, 4) is 0 Å². The molecule has 1 aromatic rings. The minimum Gasteiger partial charge on any atom is -0.383 e. The fourth-order valence-electron chi connectivity index (χ4n) is 1.12. The van der Waals surface area contributed by atoms with Gasteiger partial charge in [0.2, 0.25) is 0 Å². The maximum absolute atomic E-state index is 11.7. The smallest absolute Gasteiger partial charge is 0.283 e. The molecule has 15 heavy (non-hydrogen) atoms. The molecule has 0 saturated carbocycles. The topological polar surface area (TPSA) is 56.1 Å². The van der Waals surface area contributed by atoms with Crippen molar-refractivity contribution in [2.75, 3.05) is 25.6 Å². The molecule has 0 amide bonds. The first-order chi connectivity index (χ1) is 7.20. The molecular formula is C9H14BrN3O2. The van der Waals surface area contributed by atoms with Gasteiger partial charge in [-0.1, -0.05) is 0 Å². The van der Waals surface area contributed by atoms with Crippen LogP contribution in [0, 0.1) is 0 Å². The fraction of sp³-hybridized carbons (Fsp3) is 0.556. The number of nitrogens with zero attached hydrogens (tertiary/aromatic N) is 2. The largest absolute Gasteiger partial charge is 0.383 e. The van der Waals surface area contributed by atoms with Crippen molar-refractivity contribution in [3.05, 3.63) is 21.0 Å². The average Bonchev–Trinajstić information content (AvgIpc) is 2.24. The van der Waals surface area contributed by atoms with Crippen LogP contribution in [0.2, 0.25) is 0 Å². The molecule has 0 atom stereocenters. The van der Waals surface area contributed by atoms with Crippen LogP contribution in [0.25, 0.3) is 0 Å². The highest BCUT2D eigenvalue weighted by Gasteiger charge is 2.07. The van der Waals surface area contributed by atoms with E-state index in [1.165, 1.54) is 4.68 Å². The average molecular weight is 276 g/mol. The second-order valence-corrected chi connectivity index (χ2v) is 3.72. The van der Waals surface area contributed by atoms with Crippen LogP contribution in [-0.2, 0) is 11.3 Å². The van der Waals surface area contributed by atoms with Gasteiger partial charge in [0.05, 0.1) is 25.0 Å². The van der Waals surface area contributed by atoms with Gasteiger partial charge in [-0.15, -0.1) is 0 Å². The first-order valence-electron chi connectivity index (χ1n) is 4.69. The normalized spacial score (nSPS) is 10.3. The summed E-state index contributed by atoms with van der Waals surface area (Å²) in [6.45, 7) is 3.64. The molecule has 0 aromatic carbocycles. The van der Waals surface area contributed by atoms with E-state index in [1.54, 1.807) is 13.3 Å². The van der Waals surface area contributed by atoms with E-state index in [0.29, 0.717) is 17.6 Å². The van der Waals surface area contributed by atoms with Gasteiger partial charge in [-0.3, -0.25) is 4.79 Å². The second-order valence-electron chi connectivity index (χ2n) is 2.92. The molecular weight excluding hydrogens is 262 g/mol. The van der Waals surface area contributed by atoms with Crippen molar-refractivity contribution in [1.82, 2.24) is 9.78 Å². The molecule has 1 N–H and O–H groups in total. The number of nitrogens with one attached hydrogen (secondary N) is 1. The summed E-state index contributed by atoms with van der Waals surface area (Å²) in [4.78, 5) is 11.7. The molecule has 0 aliphatic rings. The maximum atomic E-state index is 11.7. The lowest BCUT2D eigenvalue weighted by molar-refractivity contribution is 0.181. The summed E-state index contributed by atoms with van der Waals surface area (Å²) in [6.07, 6.45) is 1.63. The van der Waals surface area contributed by atoms with Crippen LogP contribution in [0.15, 0.2) is 15.5 Å². The molecule has 84 valence electrons. The zero-order valence-corrected chi connectivity index (χ0v) is 10.4. The Morgan fingerprint density at radius 2 is 2.40 bits per heavy atom. The van der Waals surface area contributed by atoms with Crippen LogP contribution in [-0.4, -0.2) is 30.0 Å². The number of rotatable bonds is 5. The van der Waals surface area contributed by atoms with E-state index in [-0.39, 0.29) is 5.56 Å². The summed E-state index contributed by atoms with van der Waals surface area (Å²) in [5.74, 6) is 0. The summed E-state index contributed by atoms with van der Waals surface area (Å²) in [6, 6.07) is 0. The molecule has 0 unspecified atom stereocenters. The summed E-state index contributed by atoms with van der Waals surface area (Å²) >= 11 is 3.25. The van der Waals surface area contributed by atoms with Gasteiger partial charge in [0.1, 0.15) is 4.47 Å². The van der Waals surface area contributed by atoms with Crippen LogP contribution in [0.3, 0.4) is 0 Å². The van der Waals surface area contributed by atoms with Crippen molar-refractivity contribution < 1.29 is 4.74 Å². The van der Waals surface area contributed by atoms with Crippen molar-refractivity contribution >= 4 is 21.6 Å². The van der Waals surface area contributed by atoms with E-state index < -0.39 is 0 Å². The summed E-state index contributed by atoms with van der Waals surface area (Å²) < 4.78 is 6.77. The van der Waals surface area contributed by atoms with Crippen LogP contribution in [0.1, 0.15) is 6.92 Å². The Hall–Kier alpha value is -0.880. The molecule has 0 fully saturated rings. The molecule has 6 heteroatoms. The molecule has 0 saturated heterocycles. The molecule has 0 bridgehead atoms. The number of hydrogen-bond acceptors (Lipinski definition) is 4. The Balaban J connectivity index is 2.94. The predicted octanol–water partition coefficient (Wildman–Crippen LogP) is 1.08. The van der Waals surface area contributed by atoms with E-state index in [9.17, 15) is 4.79 Å². The van der Waals surface area contributed by atoms with E-state index >= 15 is 0 Å². The SMILES string of the molecule is CCNc1cnn(CCOC)c(=O)c1Br. The van der Waals surface area contributed by atoms with Gasteiger partial charge >= 0.3 is 0 Å². The fourth-order valence-corrected chi connectivity index (χ4v) is 1.56. The zero-order chi connectivity index (χ0) is 11.3. The standard InChI is InChI=1S/C9H14BrN3O2/c1-3-11-7-6-12-13(4-5-15-2)9(14)8(7)10/h6,11H,3-5H2,1-2H3. The van der Waals surface area contributed by atoms with E-state index in [4.69, 9.17) is 4.74 Å². The predicted molar refractivity (Wildman–Crippen MR) is 62.2 cm³/mol. The van der Waals surface area contributed by atoms with Gasteiger partial charge in [-0.2, -0.15) is 5.10 Å². The van der Waals surface area contributed by atoms with Crippen molar-refractivity contribution in [2.45, 2.75) is 13.5 Å². The maximum Gasteiger partial charge on any atom is 0.283 e. The van der Waals surface area contributed by atoms with Gasteiger partial charge in [-0.05, 0) is 22.9 Å². The van der Waals surface area contributed by atoms with Crippen molar-refractivity contribution in [2.24, 2.45) is 0 Å². The number of ether oxygens (including phenoxy) is 1. The van der Waals surface area contributed by atoms with Crippen LogP contribution in [0.5, 0.6) is 0 Å². The second kappa shape index (κ2) is 5.87. The Labute approximate surface area is 96.6 Å². The zero-order valence-electron chi connectivity index (χ0n) is 8.79. The van der Waals surface area contributed by atoms with Gasteiger partial charge < -0.3 is 10.1 Å². The molecule has 1 heterocycles. The van der Waals surface area contributed by atoms with E-state index in [1.807, 2.05) is 6.92 Å². The minimum atomic E-state index is -0.148. The highest BCUT2D eigenvalue weighted by Crippen LogP contribution is 2.15. The van der Waals surface area contributed by atoms with Gasteiger partial charge in [0.15, 0.2) is 0 Å². The van der Waals surface area contributed by atoms with Crippen LogP contribution in [0.4, 0.5) is 5.69 Å². The van der Waals surface area contributed by atoms with E-state index in [0.717, 1.165) is 12.2 Å². The Bertz CT molecular complexity index is 378. The highest BCUT2D eigenvalue weighted by atomic mass is 79.9. The van der Waals surface area contributed by atoms with Gasteiger partial charge in [0.25, 0.3) is 5.56 Å². The lowest BCUT2D eigenvalue weighted by Gasteiger charge is -2.08. The molecule has 0 spiro atoms. The first-order valence-corrected chi connectivity index (χ1v) is 5.48. The van der Waals surface area contributed by atoms with Gasteiger partial charge in [-0.25, -0.2) is 4.68 Å². The minimum absolute atomic E-state index is 0.148. The van der Waals surface area contributed by atoms with Crippen molar-refractivity contribution in [1.29, 1.82) is 0 Å². The molecule has 1 rings (SSSR count). The lowest BCUT2D eigenvalue weighted by Crippen LogP contribution is -2.26. The number of anilines is 1. The molecule has 1 aromatic heterocycles. The molecule has 0 radical (unpaired) electrons. The lowest BCUT2D eigenvalue weighted by atomic mass is 10.4. The number of hydrogen-bond donors (Lipinski definition) is 1. The van der Waals surface area contributed by atoms with Crippen LogP contribution < -0.4 is 10.9 Å². The molecule has 5 nitrogen and oxygen atoms in total. The summed E-state index contributed by atoms with van der Waals surface area (Å²) in [5.41, 5.74) is 0.571. The number of methoxy groups -OCH3 is 1. The van der Waals surface area contributed by atoms with Crippen LogP contribution >= 0.6 is 15.9 Å². The van der Waals surface area contributed by atoms with E-state index in [2.05, 4.69) is 26.3 Å². The third-order valence-corrected chi connectivity index (χ3v) is 2.63. The summed E-state index contributed by atoms with van der Waals surface area (Å²) in [5, 5.41) is 7.07. The number of aromatic nitrogens is 2. The first kappa shape index (κ1) is 12.2. The third kappa shape index (κ3) is 3.04.